The topological polar surface area (TPSA) is 69.8 Å². The highest BCUT2D eigenvalue weighted by Crippen LogP contribution is 2.26. The van der Waals surface area contributed by atoms with Crippen LogP contribution in [0.4, 0.5) is 5.69 Å². The molecule has 0 fully saturated rings. The minimum Gasteiger partial charge on any atom is -0.385 e. The average Bonchev–Trinajstić information content (AvgIpc) is 2.82. The van der Waals surface area contributed by atoms with Crippen molar-refractivity contribution >= 4 is 28.9 Å². The molecule has 0 aliphatic rings. The third kappa shape index (κ3) is 6.19. The number of anilines is 1. The molecular weight excluding hydrogens is 420 g/mol. The summed E-state index contributed by atoms with van der Waals surface area (Å²) in [6.45, 7) is 2.90. The van der Waals surface area contributed by atoms with E-state index < -0.39 is 0 Å². The maximum absolute atomic E-state index is 12.0. The van der Waals surface area contributed by atoms with Gasteiger partial charge in [-0.15, -0.1) is 12.4 Å². The van der Waals surface area contributed by atoms with Gasteiger partial charge in [-0.25, -0.2) is 5.10 Å². The van der Waals surface area contributed by atoms with Gasteiger partial charge < -0.3 is 10.6 Å². The Morgan fingerprint density at radius 1 is 0.781 bits per heavy atom. The van der Waals surface area contributed by atoms with Crippen molar-refractivity contribution in [3.05, 3.63) is 94.8 Å². The van der Waals surface area contributed by atoms with Crippen molar-refractivity contribution in [2.24, 2.45) is 0 Å². The zero-order valence-electron chi connectivity index (χ0n) is 18.0. The van der Waals surface area contributed by atoms with Crippen LogP contribution in [0.1, 0.15) is 24.8 Å². The van der Waals surface area contributed by atoms with Crippen molar-refractivity contribution in [2.75, 3.05) is 18.4 Å². The molecule has 6 heteroatoms. The summed E-state index contributed by atoms with van der Waals surface area (Å²) in [7, 11) is 0. The lowest BCUT2D eigenvalue weighted by atomic mass is 10.0. The molecule has 0 aliphatic carbocycles. The van der Waals surface area contributed by atoms with Gasteiger partial charge in [-0.05, 0) is 43.1 Å². The molecule has 0 spiro atoms. The van der Waals surface area contributed by atoms with E-state index in [0.29, 0.717) is 5.39 Å². The number of unbranched alkanes of at least 4 members (excludes halogenated alkanes) is 2. The molecule has 0 amide bonds. The quantitative estimate of drug-likeness (QED) is 0.285. The number of aromatic amines is 1. The molecule has 3 aromatic carbocycles. The standard InChI is InChI=1S/C26H28N4O.ClH/c31-26-24-15-6-5-14-23(24)25(29-30-26)21-12-9-13-22(18-21)28-17-8-2-7-16-27-19-20-10-3-1-4-11-20;/h1,3-6,9-15,18,27-28H,2,7-8,16-17,19H2,(H,30,31);1H. The highest BCUT2D eigenvalue weighted by molar-refractivity contribution is 5.94. The summed E-state index contributed by atoms with van der Waals surface area (Å²) in [5.41, 5.74) is 4.02. The summed E-state index contributed by atoms with van der Waals surface area (Å²) in [5, 5.41) is 15.5. The SMILES string of the molecule is Cl.O=c1[nH]nc(-c2cccc(NCCCCCNCc3ccccc3)c2)c2ccccc12. The molecule has 4 aromatic rings. The van der Waals surface area contributed by atoms with Gasteiger partial charge >= 0.3 is 0 Å². The smallest absolute Gasteiger partial charge is 0.272 e. The molecule has 32 heavy (non-hydrogen) atoms. The molecule has 1 heterocycles. The predicted molar refractivity (Wildman–Crippen MR) is 136 cm³/mol. The van der Waals surface area contributed by atoms with Crippen LogP contribution in [0.3, 0.4) is 0 Å². The minimum atomic E-state index is -0.160. The molecule has 0 bridgehead atoms. The van der Waals surface area contributed by atoms with Crippen molar-refractivity contribution in [3.8, 4) is 11.3 Å². The molecule has 0 radical (unpaired) electrons. The van der Waals surface area contributed by atoms with Crippen LogP contribution in [0.25, 0.3) is 22.0 Å². The number of benzene rings is 3. The van der Waals surface area contributed by atoms with Gasteiger partial charge in [0.25, 0.3) is 5.56 Å². The molecule has 166 valence electrons. The van der Waals surface area contributed by atoms with Crippen LogP contribution in [0.2, 0.25) is 0 Å². The number of halogens is 1. The van der Waals surface area contributed by atoms with Gasteiger partial charge in [0, 0.05) is 29.7 Å². The molecule has 0 unspecified atom stereocenters. The van der Waals surface area contributed by atoms with Crippen LogP contribution >= 0.6 is 12.4 Å². The van der Waals surface area contributed by atoms with Gasteiger partial charge in [-0.3, -0.25) is 4.79 Å². The maximum atomic E-state index is 12.0. The van der Waals surface area contributed by atoms with Crippen LogP contribution in [0.15, 0.2) is 83.7 Å². The van der Waals surface area contributed by atoms with E-state index in [1.807, 2.05) is 42.5 Å². The Morgan fingerprint density at radius 3 is 2.38 bits per heavy atom. The maximum Gasteiger partial charge on any atom is 0.272 e. The normalized spacial score (nSPS) is 10.6. The summed E-state index contributed by atoms with van der Waals surface area (Å²) in [4.78, 5) is 12.0. The summed E-state index contributed by atoms with van der Waals surface area (Å²) < 4.78 is 0. The first-order valence-electron chi connectivity index (χ1n) is 10.9. The fourth-order valence-electron chi connectivity index (χ4n) is 3.72. The van der Waals surface area contributed by atoms with Gasteiger partial charge in [-0.2, -0.15) is 5.10 Å². The van der Waals surface area contributed by atoms with E-state index in [1.165, 1.54) is 18.4 Å². The zero-order valence-corrected chi connectivity index (χ0v) is 18.8. The lowest BCUT2D eigenvalue weighted by Crippen LogP contribution is -2.14. The van der Waals surface area contributed by atoms with E-state index in [-0.39, 0.29) is 18.0 Å². The van der Waals surface area contributed by atoms with Gasteiger partial charge in [-0.1, -0.05) is 67.1 Å². The lowest BCUT2D eigenvalue weighted by Gasteiger charge is -2.10. The first kappa shape index (κ1) is 23.5. The highest BCUT2D eigenvalue weighted by atomic mass is 35.5. The summed E-state index contributed by atoms with van der Waals surface area (Å²) in [5.74, 6) is 0. The number of nitrogens with one attached hydrogen (secondary N) is 3. The Bertz CT molecular complexity index is 1180. The number of fused-ring (bicyclic) bond motifs is 1. The van der Waals surface area contributed by atoms with E-state index in [4.69, 9.17) is 0 Å². The van der Waals surface area contributed by atoms with E-state index >= 15 is 0 Å². The Kier molecular flexibility index (Phi) is 8.84. The van der Waals surface area contributed by atoms with Crippen LogP contribution in [-0.4, -0.2) is 23.3 Å². The van der Waals surface area contributed by atoms with Crippen molar-refractivity contribution in [1.82, 2.24) is 15.5 Å². The fourth-order valence-corrected chi connectivity index (χ4v) is 3.72. The lowest BCUT2D eigenvalue weighted by molar-refractivity contribution is 0.610. The number of hydrogen-bond acceptors (Lipinski definition) is 4. The molecule has 4 rings (SSSR count). The third-order valence-electron chi connectivity index (χ3n) is 5.36. The van der Waals surface area contributed by atoms with Crippen molar-refractivity contribution < 1.29 is 0 Å². The molecule has 0 saturated heterocycles. The minimum absolute atomic E-state index is 0. The monoisotopic (exact) mass is 448 g/mol. The molecule has 0 aliphatic heterocycles. The van der Waals surface area contributed by atoms with E-state index in [1.54, 1.807) is 0 Å². The molecule has 5 nitrogen and oxygen atoms in total. The molecule has 0 saturated carbocycles. The Morgan fingerprint density at radius 2 is 1.53 bits per heavy atom. The first-order valence-corrected chi connectivity index (χ1v) is 10.9. The molecular formula is C26H29ClN4O. The van der Waals surface area contributed by atoms with E-state index in [2.05, 4.69) is 57.2 Å². The van der Waals surface area contributed by atoms with Crippen LogP contribution in [0, 0.1) is 0 Å². The van der Waals surface area contributed by atoms with Gasteiger partial charge in [0.15, 0.2) is 0 Å². The first-order chi connectivity index (χ1) is 15.3. The molecule has 3 N–H and O–H groups in total. The van der Waals surface area contributed by atoms with E-state index in [9.17, 15) is 4.79 Å². The number of nitrogens with zero attached hydrogens (tertiary/aromatic N) is 1. The van der Waals surface area contributed by atoms with Crippen molar-refractivity contribution in [1.29, 1.82) is 0 Å². The summed E-state index contributed by atoms with van der Waals surface area (Å²) in [6.07, 6.45) is 3.47. The molecule has 1 aromatic heterocycles. The van der Waals surface area contributed by atoms with E-state index in [0.717, 1.165) is 48.4 Å². The summed E-state index contributed by atoms with van der Waals surface area (Å²) in [6, 6.07) is 26.3. The number of rotatable bonds is 10. The molecule has 0 atom stereocenters. The van der Waals surface area contributed by atoms with Crippen molar-refractivity contribution in [2.45, 2.75) is 25.8 Å². The highest BCUT2D eigenvalue weighted by Gasteiger charge is 2.08. The van der Waals surface area contributed by atoms with Gasteiger partial charge in [0.1, 0.15) is 0 Å². The Hall–Kier alpha value is -3.15. The second-order valence-corrected chi connectivity index (χ2v) is 7.68. The Balaban J connectivity index is 0.00000289. The average molecular weight is 449 g/mol. The third-order valence-corrected chi connectivity index (χ3v) is 5.36. The van der Waals surface area contributed by atoms with Gasteiger partial charge in [0.05, 0.1) is 11.1 Å². The largest absolute Gasteiger partial charge is 0.385 e. The second kappa shape index (κ2) is 12.0. The van der Waals surface area contributed by atoms with Crippen LogP contribution < -0.4 is 16.2 Å². The van der Waals surface area contributed by atoms with Crippen LogP contribution in [0.5, 0.6) is 0 Å². The Labute approximate surface area is 194 Å². The van der Waals surface area contributed by atoms with Gasteiger partial charge in [0.2, 0.25) is 0 Å². The van der Waals surface area contributed by atoms with Crippen LogP contribution in [-0.2, 0) is 6.54 Å². The number of hydrogen-bond donors (Lipinski definition) is 3. The number of H-pyrrole nitrogens is 1. The predicted octanol–water partition coefficient (Wildman–Crippen LogP) is 5.38. The fraction of sp³-hybridized carbons (Fsp3) is 0.231. The zero-order chi connectivity index (χ0) is 21.3. The number of aromatic nitrogens is 2. The summed E-state index contributed by atoms with van der Waals surface area (Å²) >= 11 is 0. The van der Waals surface area contributed by atoms with Crippen molar-refractivity contribution in [3.63, 3.8) is 0 Å². The second-order valence-electron chi connectivity index (χ2n) is 7.68.